The van der Waals surface area contributed by atoms with E-state index in [0.29, 0.717) is 0 Å². The third kappa shape index (κ3) is 1.57. The van der Waals surface area contributed by atoms with Gasteiger partial charge in [0.1, 0.15) is 6.10 Å². The third-order valence-corrected chi connectivity index (χ3v) is 1.97. The Morgan fingerprint density at radius 3 is 2.44 bits per heavy atom. The molecular formula is C5H6Cl2O2. The molecule has 1 saturated heterocycles. The molecule has 0 aromatic rings. The van der Waals surface area contributed by atoms with E-state index in [1.807, 2.05) is 0 Å². The van der Waals surface area contributed by atoms with Crippen LogP contribution in [0.5, 0.6) is 0 Å². The zero-order valence-electron chi connectivity index (χ0n) is 4.86. The summed E-state index contributed by atoms with van der Waals surface area (Å²) < 4.78 is 4.88. The summed E-state index contributed by atoms with van der Waals surface area (Å²) in [6.07, 6.45) is 0.0546. The van der Waals surface area contributed by atoms with Crippen LogP contribution in [0.3, 0.4) is 0 Å². The van der Waals surface area contributed by atoms with Gasteiger partial charge in [0, 0.05) is 0 Å². The molecule has 0 bridgehead atoms. The monoisotopic (exact) mass is 168 g/mol. The lowest BCUT2D eigenvalue weighted by Gasteiger charge is -1.94. The molecule has 0 aromatic heterocycles. The van der Waals surface area contributed by atoms with Gasteiger partial charge in [-0.3, -0.25) is 4.79 Å². The Hall–Kier alpha value is 0.210. The average molecular weight is 169 g/mol. The lowest BCUT2D eigenvalue weighted by Crippen LogP contribution is -2.07. The Bertz CT molecular complexity index is 148. The van der Waals surface area contributed by atoms with Gasteiger partial charge in [0.25, 0.3) is 0 Å². The maximum absolute atomic E-state index is 10.2. The van der Waals surface area contributed by atoms with Gasteiger partial charge < -0.3 is 4.74 Å². The molecule has 2 unspecified atom stereocenters. The Labute approximate surface area is 63.1 Å². The van der Waals surface area contributed by atoms with Crippen LogP contribution >= 0.6 is 23.2 Å². The van der Waals surface area contributed by atoms with Gasteiger partial charge in [0.05, 0.1) is 6.42 Å². The summed E-state index contributed by atoms with van der Waals surface area (Å²) in [5, 5.41) is -1.23. The first kappa shape index (κ1) is 7.32. The molecular weight excluding hydrogens is 163 g/mol. The summed E-state index contributed by atoms with van der Waals surface area (Å²) in [6.45, 7) is 1.80. The van der Waals surface area contributed by atoms with Crippen LogP contribution < -0.4 is 0 Å². The van der Waals surface area contributed by atoms with Gasteiger partial charge >= 0.3 is 0 Å². The number of epoxide rings is 1. The lowest BCUT2D eigenvalue weighted by atomic mass is 10.3. The summed E-state index contributed by atoms with van der Waals surface area (Å²) in [5.41, 5.74) is 0. The first-order chi connectivity index (χ1) is 4.04. The number of alkyl halides is 1. The number of carbonyl (C=O) groups is 1. The minimum absolute atomic E-state index is 0.0399. The molecule has 0 spiro atoms. The summed E-state index contributed by atoms with van der Waals surface area (Å²) >= 11 is 10.7. The van der Waals surface area contributed by atoms with Crippen molar-refractivity contribution in [2.75, 3.05) is 0 Å². The Balaban J connectivity index is 2.37. The first-order valence-corrected chi connectivity index (χ1v) is 3.35. The molecule has 0 aromatic carbocycles. The molecule has 0 saturated carbocycles. The van der Waals surface area contributed by atoms with E-state index in [9.17, 15) is 4.79 Å². The first-order valence-electron chi connectivity index (χ1n) is 2.60. The van der Waals surface area contributed by atoms with E-state index in [0.717, 1.165) is 0 Å². The van der Waals surface area contributed by atoms with Gasteiger partial charge in [0.15, 0.2) is 5.06 Å². The molecule has 0 radical (unpaired) electrons. The third-order valence-electron chi connectivity index (χ3n) is 1.30. The van der Waals surface area contributed by atoms with E-state index >= 15 is 0 Å². The van der Waals surface area contributed by atoms with E-state index in [1.54, 1.807) is 6.92 Å². The fourth-order valence-corrected chi connectivity index (χ4v) is 1.16. The maximum atomic E-state index is 10.2. The van der Waals surface area contributed by atoms with Crippen molar-refractivity contribution in [3.63, 3.8) is 0 Å². The SMILES string of the molecule is CC1OC1(Cl)CC(=O)Cl. The van der Waals surface area contributed by atoms with Crippen LogP contribution in [0.2, 0.25) is 0 Å². The number of carbonyl (C=O) groups excluding carboxylic acids is 1. The summed E-state index contributed by atoms with van der Waals surface area (Å²) in [7, 11) is 0. The van der Waals surface area contributed by atoms with Crippen molar-refractivity contribution in [3.05, 3.63) is 0 Å². The predicted molar refractivity (Wildman–Crippen MR) is 34.6 cm³/mol. The van der Waals surface area contributed by atoms with Crippen molar-refractivity contribution in [2.24, 2.45) is 0 Å². The van der Waals surface area contributed by atoms with Gasteiger partial charge in [-0.05, 0) is 18.5 Å². The standard InChI is InChI=1S/C5H6Cl2O2/c1-3-5(7,9-3)2-4(6)8/h3H,2H2,1H3. The van der Waals surface area contributed by atoms with Crippen LogP contribution in [0, 0.1) is 0 Å². The summed E-state index contributed by atoms with van der Waals surface area (Å²) in [4.78, 5) is 10.2. The second-order valence-electron chi connectivity index (χ2n) is 2.08. The van der Waals surface area contributed by atoms with Crippen LogP contribution in [0.1, 0.15) is 13.3 Å². The second-order valence-corrected chi connectivity index (χ2v) is 3.14. The van der Waals surface area contributed by atoms with E-state index in [-0.39, 0.29) is 12.5 Å². The van der Waals surface area contributed by atoms with Crippen molar-refractivity contribution in [2.45, 2.75) is 24.5 Å². The molecule has 1 fully saturated rings. The van der Waals surface area contributed by atoms with Gasteiger partial charge in [-0.2, -0.15) is 0 Å². The Morgan fingerprint density at radius 1 is 1.89 bits per heavy atom. The smallest absolute Gasteiger partial charge is 0.225 e. The molecule has 52 valence electrons. The number of ether oxygens (including phenoxy) is 1. The van der Waals surface area contributed by atoms with E-state index in [4.69, 9.17) is 27.9 Å². The number of hydrogen-bond acceptors (Lipinski definition) is 2. The fraction of sp³-hybridized carbons (Fsp3) is 0.800. The quantitative estimate of drug-likeness (QED) is 0.356. The topological polar surface area (TPSA) is 29.6 Å². The molecule has 1 rings (SSSR count). The normalized spacial score (nSPS) is 40.6. The average Bonchev–Trinajstić information content (AvgIpc) is 2.10. The van der Waals surface area contributed by atoms with Crippen LogP contribution in [0.4, 0.5) is 0 Å². The van der Waals surface area contributed by atoms with Gasteiger partial charge in [-0.1, -0.05) is 11.6 Å². The van der Waals surface area contributed by atoms with Crippen LogP contribution in [-0.4, -0.2) is 16.4 Å². The summed E-state index contributed by atoms with van der Waals surface area (Å²) in [6, 6.07) is 0. The fourth-order valence-electron chi connectivity index (χ4n) is 0.635. The number of hydrogen-bond donors (Lipinski definition) is 0. The Morgan fingerprint density at radius 2 is 2.33 bits per heavy atom. The van der Waals surface area contributed by atoms with Crippen molar-refractivity contribution in [3.8, 4) is 0 Å². The zero-order chi connectivity index (χ0) is 7.07. The lowest BCUT2D eigenvalue weighted by molar-refractivity contribution is -0.112. The Kier molecular flexibility index (Phi) is 1.72. The molecule has 2 atom stereocenters. The second kappa shape index (κ2) is 2.11. The van der Waals surface area contributed by atoms with Crippen molar-refractivity contribution in [1.29, 1.82) is 0 Å². The minimum Gasteiger partial charge on any atom is -0.349 e. The van der Waals surface area contributed by atoms with Crippen LogP contribution in [0.15, 0.2) is 0 Å². The van der Waals surface area contributed by atoms with E-state index < -0.39 is 10.3 Å². The van der Waals surface area contributed by atoms with Crippen molar-refractivity contribution < 1.29 is 9.53 Å². The highest BCUT2D eigenvalue weighted by Crippen LogP contribution is 2.43. The van der Waals surface area contributed by atoms with Gasteiger partial charge in [-0.25, -0.2) is 0 Å². The predicted octanol–water partition coefficient (Wildman–Crippen LogP) is 1.50. The minimum atomic E-state index is -0.779. The molecule has 0 N–H and O–H groups in total. The van der Waals surface area contributed by atoms with Crippen LogP contribution in [-0.2, 0) is 9.53 Å². The number of halogens is 2. The molecule has 1 aliphatic rings. The van der Waals surface area contributed by atoms with Gasteiger partial charge in [-0.15, -0.1) is 0 Å². The molecule has 1 aliphatic heterocycles. The molecule has 4 heteroatoms. The van der Waals surface area contributed by atoms with E-state index in [2.05, 4.69) is 0 Å². The molecule has 1 heterocycles. The number of rotatable bonds is 2. The largest absolute Gasteiger partial charge is 0.349 e. The molecule has 0 amide bonds. The van der Waals surface area contributed by atoms with Crippen molar-refractivity contribution >= 4 is 28.4 Å². The van der Waals surface area contributed by atoms with Gasteiger partial charge in [0.2, 0.25) is 5.24 Å². The van der Waals surface area contributed by atoms with E-state index in [1.165, 1.54) is 0 Å². The molecule has 2 nitrogen and oxygen atoms in total. The highest BCUT2D eigenvalue weighted by molar-refractivity contribution is 6.64. The molecule has 0 aliphatic carbocycles. The highest BCUT2D eigenvalue weighted by Gasteiger charge is 2.52. The van der Waals surface area contributed by atoms with Crippen LogP contribution in [0.25, 0.3) is 0 Å². The summed E-state index contributed by atoms with van der Waals surface area (Å²) in [5.74, 6) is 0. The maximum Gasteiger partial charge on any atom is 0.225 e. The zero-order valence-corrected chi connectivity index (χ0v) is 6.37. The van der Waals surface area contributed by atoms with Crippen molar-refractivity contribution in [1.82, 2.24) is 0 Å². The highest BCUT2D eigenvalue weighted by atomic mass is 35.5. The molecule has 9 heavy (non-hydrogen) atoms.